The Labute approximate surface area is 134 Å². The van der Waals surface area contributed by atoms with E-state index >= 15 is 0 Å². The number of hydrogen-bond donors (Lipinski definition) is 1. The van der Waals surface area contributed by atoms with Crippen molar-refractivity contribution in [1.29, 1.82) is 0 Å². The maximum atomic E-state index is 6.44. The average Bonchev–Trinajstić information content (AvgIpc) is 2.51. The van der Waals surface area contributed by atoms with E-state index in [0.29, 0.717) is 0 Å². The Bertz CT molecular complexity index is 427. The van der Waals surface area contributed by atoms with Crippen LogP contribution < -0.4 is 5.73 Å². The zero-order valence-corrected chi connectivity index (χ0v) is 14.1. The SMILES string of the molecule is CCCC1CCN(C(c2ccccc2Cl)C(N)CC)CC1. The molecule has 21 heavy (non-hydrogen) atoms. The molecule has 2 atom stereocenters. The van der Waals surface area contributed by atoms with E-state index in [-0.39, 0.29) is 12.1 Å². The highest BCUT2D eigenvalue weighted by atomic mass is 35.5. The minimum atomic E-state index is 0.146. The highest BCUT2D eigenvalue weighted by Crippen LogP contribution is 2.34. The molecule has 2 rings (SSSR count). The molecule has 1 aliphatic heterocycles. The molecule has 1 heterocycles. The molecule has 0 aliphatic carbocycles. The summed E-state index contributed by atoms with van der Waals surface area (Å²) in [6, 6.07) is 8.59. The van der Waals surface area contributed by atoms with Crippen molar-refractivity contribution in [3.63, 3.8) is 0 Å². The Morgan fingerprint density at radius 1 is 1.24 bits per heavy atom. The van der Waals surface area contributed by atoms with E-state index in [1.807, 2.05) is 12.1 Å². The number of nitrogens with zero attached hydrogens (tertiary/aromatic N) is 1. The lowest BCUT2D eigenvalue weighted by Crippen LogP contribution is -2.44. The van der Waals surface area contributed by atoms with Crippen LogP contribution in [0.25, 0.3) is 0 Å². The number of hydrogen-bond acceptors (Lipinski definition) is 2. The van der Waals surface area contributed by atoms with Gasteiger partial charge in [-0.3, -0.25) is 4.90 Å². The third kappa shape index (κ3) is 4.21. The first-order valence-corrected chi connectivity index (χ1v) is 8.79. The van der Waals surface area contributed by atoms with Crippen molar-refractivity contribution in [2.45, 2.75) is 58.0 Å². The van der Waals surface area contributed by atoms with Crippen LogP contribution in [0.5, 0.6) is 0 Å². The van der Waals surface area contributed by atoms with Gasteiger partial charge in [0.05, 0.1) is 6.04 Å². The van der Waals surface area contributed by atoms with Crippen molar-refractivity contribution in [1.82, 2.24) is 4.90 Å². The monoisotopic (exact) mass is 308 g/mol. The number of benzene rings is 1. The van der Waals surface area contributed by atoms with Crippen molar-refractivity contribution in [2.24, 2.45) is 11.7 Å². The number of rotatable bonds is 6. The van der Waals surface area contributed by atoms with Crippen LogP contribution in [-0.2, 0) is 0 Å². The van der Waals surface area contributed by atoms with E-state index in [1.54, 1.807) is 0 Å². The van der Waals surface area contributed by atoms with E-state index < -0.39 is 0 Å². The zero-order chi connectivity index (χ0) is 15.2. The van der Waals surface area contributed by atoms with Gasteiger partial charge >= 0.3 is 0 Å². The molecule has 1 aromatic rings. The standard InChI is InChI=1S/C18H29ClN2/c1-3-7-14-10-12-21(13-11-14)18(17(20)4-2)15-8-5-6-9-16(15)19/h5-6,8-9,14,17-18H,3-4,7,10-13,20H2,1-2H3. The molecule has 0 amide bonds. The molecule has 0 aromatic heterocycles. The van der Waals surface area contributed by atoms with Crippen LogP contribution in [0.15, 0.2) is 24.3 Å². The van der Waals surface area contributed by atoms with Gasteiger partial charge in [0.25, 0.3) is 0 Å². The van der Waals surface area contributed by atoms with Gasteiger partial charge in [0.1, 0.15) is 0 Å². The summed E-state index contributed by atoms with van der Waals surface area (Å²) in [6.07, 6.45) is 6.23. The first-order chi connectivity index (χ1) is 10.2. The van der Waals surface area contributed by atoms with E-state index in [9.17, 15) is 0 Å². The van der Waals surface area contributed by atoms with Crippen LogP contribution in [0.3, 0.4) is 0 Å². The summed E-state index contributed by atoms with van der Waals surface area (Å²) in [5, 5.41) is 0.849. The molecule has 3 heteroatoms. The molecule has 2 unspecified atom stereocenters. The minimum absolute atomic E-state index is 0.146. The van der Waals surface area contributed by atoms with E-state index in [0.717, 1.165) is 30.5 Å². The van der Waals surface area contributed by atoms with Gasteiger partial charge < -0.3 is 5.73 Å². The molecule has 118 valence electrons. The van der Waals surface area contributed by atoms with Gasteiger partial charge in [-0.1, -0.05) is 56.5 Å². The molecule has 2 N–H and O–H groups in total. The molecule has 1 aliphatic rings. The van der Waals surface area contributed by atoms with Crippen LogP contribution in [0.1, 0.15) is 57.6 Å². The van der Waals surface area contributed by atoms with Gasteiger partial charge in [0.15, 0.2) is 0 Å². The number of piperidine rings is 1. The highest BCUT2D eigenvalue weighted by molar-refractivity contribution is 6.31. The molecule has 1 aromatic carbocycles. The molecule has 0 saturated carbocycles. The van der Waals surface area contributed by atoms with E-state index in [2.05, 4.69) is 30.9 Å². The normalized spacial score (nSPS) is 20.4. The second-order valence-electron chi connectivity index (χ2n) is 6.31. The number of likely N-dealkylation sites (tertiary alicyclic amines) is 1. The predicted molar refractivity (Wildman–Crippen MR) is 91.7 cm³/mol. The quantitative estimate of drug-likeness (QED) is 0.830. The van der Waals surface area contributed by atoms with Gasteiger partial charge in [0, 0.05) is 11.1 Å². The first-order valence-electron chi connectivity index (χ1n) is 8.41. The summed E-state index contributed by atoms with van der Waals surface area (Å²) in [5.41, 5.74) is 7.64. The average molecular weight is 309 g/mol. The maximum Gasteiger partial charge on any atom is 0.0513 e. The van der Waals surface area contributed by atoms with Crippen LogP contribution in [0.2, 0.25) is 5.02 Å². The zero-order valence-electron chi connectivity index (χ0n) is 13.4. The summed E-state index contributed by atoms with van der Waals surface area (Å²) >= 11 is 6.44. The van der Waals surface area contributed by atoms with Crippen LogP contribution in [0.4, 0.5) is 0 Å². The van der Waals surface area contributed by atoms with Crippen molar-refractivity contribution < 1.29 is 0 Å². The molecule has 0 spiro atoms. The van der Waals surface area contributed by atoms with Crippen molar-refractivity contribution >= 4 is 11.6 Å². The molecule has 2 nitrogen and oxygen atoms in total. The topological polar surface area (TPSA) is 29.3 Å². The van der Waals surface area contributed by atoms with Gasteiger partial charge in [-0.2, -0.15) is 0 Å². The summed E-state index contributed by atoms with van der Waals surface area (Å²) < 4.78 is 0. The lowest BCUT2D eigenvalue weighted by Gasteiger charge is -2.40. The molecule has 1 saturated heterocycles. The van der Waals surface area contributed by atoms with Gasteiger partial charge in [-0.05, 0) is 49.9 Å². The van der Waals surface area contributed by atoms with Crippen LogP contribution in [-0.4, -0.2) is 24.0 Å². The Balaban J connectivity index is 2.13. The lowest BCUT2D eigenvalue weighted by atomic mass is 9.89. The summed E-state index contributed by atoms with van der Waals surface area (Å²) in [5.74, 6) is 0.899. The summed E-state index contributed by atoms with van der Waals surface area (Å²) in [6.45, 7) is 6.74. The summed E-state index contributed by atoms with van der Waals surface area (Å²) in [4.78, 5) is 2.56. The van der Waals surface area contributed by atoms with Crippen LogP contribution >= 0.6 is 11.6 Å². The molecule has 0 bridgehead atoms. The predicted octanol–water partition coefficient (Wildman–Crippen LogP) is 4.63. The number of halogens is 1. The minimum Gasteiger partial charge on any atom is -0.326 e. The second kappa shape index (κ2) is 8.17. The third-order valence-electron chi connectivity index (χ3n) is 4.84. The van der Waals surface area contributed by atoms with Gasteiger partial charge in [0.2, 0.25) is 0 Å². The Hall–Kier alpha value is -0.570. The summed E-state index contributed by atoms with van der Waals surface area (Å²) in [7, 11) is 0. The fourth-order valence-electron chi connectivity index (χ4n) is 3.56. The van der Waals surface area contributed by atoms with Gasteiger partial charge in [-0.15, -0.1) is 0 Å². The van der Waals surface area contributed by atoms with Crippen LogP contribution in [0, 0.1) is 5.92 Å². The van der Waals surface area contributed by atoms with E-state index in [4.69, 9.17) is 17.3 Å². The van der Waals surface area contributed by atoms with Crippen molar-refractivity contribution in [3.8, 4) is 0 Å². The van der Waals surface area contributed by atoms with Gasteiger partial charge in [-0.25, -0.2) is 0 Å². The largest absolute Gasteiger partial charge is 0.326 e. The highest BCUT2D eigenvalue weighted by Gasteiger charge is 2.30. The first kappa shape index (κ1) is 16.8. The fourth-order valence-corrected chi connectivity index (χ4v) is 3.81. The smallest absolute Gasteiger partial charge is 0.0513 e. The lowest BCUT2D eigenvalue weighted by molar-refractivity contribution is 0.111. The molecule has 0 radical (unpaired) electrons. The Morgan fingerprint density at radius 3 is 2.48 bits per heavy atom. The van der Waals surface area contributed by atoms with Crippen molar-refractivity contribution in [3.05, 3.63) is 34.9 Å². The Kier molecular flexibility index (Phi) is 6.53. The van der Waals surface area contributed by atoms with Crippen molar-refractivity contribution in [2.75, 3.05) is 13.1 Å². The molecule has 1 fully saturated rings. The number of nitrogens with two attached hydrogens (primary N) is 1. The molecular formula is C18H29ClN2. The fraction of sp³-hybridized carbons (Fsp3) is 0.667. The third-order valence-corrected chi connectivity index (χ3v) is 5.18. The second-order valence-corrected chi connectivity index (χ2v) is 6.71. The Morgan fingerprint density at radius 2 is 1.90 bits per heavy atom. The van der Waals surface area contributed by atoms with E-state index in [1.165, 1.54) is 31.2 Å². The molecular weight excluding hydrogens is 280 g/mol. The maximum absolute atomic E-state index is 6.44.